The Morgan fingerprint density at radius 3 is 2.83 bits per heavy atom. The first kappa shape index (κ1) is 19.4. The Hall–Kier alpha value is -0.950. The SMILES string of the molecule is CSCCC(NC(=O)c1ccc(Cl)cc1Cl)C(=O)NC1CCNC1. The molecule has 8 heteroatoms. The lowest BCUT2D eigenvalue weighted by molar-refractivity contribution is -0.123. The first-order chi connectivity index (χ1) is 11.5. The molecule has 1 aliphatic heterocycles. The van der Waals surface area contributed by atoms with Crippen molar-refractivity contribution >= 4 is 46.8 Å². The molecule has 2 unspecified atom stereocenters. The van der Waals surface area contributed by atoms with Gasteiger partial charge in [0.15, 0.2) is 0 Å². The summed E-state index contributed by atoms with van der Waals surface area (Å²) in [5, 5.41) is 9.71. The molecule has 0 radical (unpaired) electrons. The predicted molar refractivity (Wildman–Crippen MR) is 100 cm³/mol. The predicted octanol–water partition coefficient (Wildman–Crippen LogP) is 2.32. The van der Waals surface area contributed by atoms with Gasteiger partial charge < -0.3 is 16.0 Å². The molecule has 0 spiro atoms. The molecule has 0 aromatic heterocycles. The maximum Gasteiger partial charge on any atom is 0.253 e. The van der Waals surface area contributed by atoms with E-state index in [4.69, 9.17) is 23.2 Å². The second-order valence-corrected chi connectivity index (χ2v) is 7.46. The number of halogens is 2. The molecule has 2 amide bonds. The third kappa shape index (κ3) is 5.55. The fourth-order valence-corrected chi connectivity index (χ4v) is 3.46. The smallest absolute Gasteiger partial charge is 0.253 e. The van der Waals surface area contributed by atoms with Gasteiger partial charge in [0.1, 0.15) is 6.04 Å². The average Bonchev–Trinajstić information content (AvgIpc) is 3.03. The van der Waals surface area contributed by atoms with Crippen LogP contribution >= 0.6 is 35.0 Å². The van der Waals surface area contributed by atoms with Gasteiger partial charge in [-0.25, -0.2) is 0 Å². The quantitative estimate of drug-likeness (QED) is 0.669. The van der Waals surface area contributed by atoms with E-state index >= 15 is 0 Å². The summed E-state index contributed by atoms with van der Waals surface area (Å²) in [7, 11) is 0. The first-order valence-corrected chi connectivity index (χ1v) is 9.92. The zero-order chi connectivity index (χ0) is 17.5. The van der Waals surface area contributed by atoms with Gasteiger partial charge in [0.05, 0.1) is 10.6 Å². The van der Waals surface area contributed by atoms with Crippen LogP contribution in [-0.2, 0) is 4.79 Å². The minimum atomic E-state index is -0.586. The number of hydrogen-bond donors (Lipinski definition) is 3. The minimum Gasteiger partial charge on any atom is -0.350 e. The third-order valence-electron chi connectivity index (χ3n) is 3.81. The van der Waals surface area contributed by atoms with Crippen LogP contribution in [0.5, 0.6) is 0 Å². The van der Waals surface area contributed by atoms with Gasteiger partial charge >= 0.3 is 0 Å². The molecule has 0 bridgehead atoms. The summed E-state index contributed by atoms with van der Waals surface area (Å²) in [5.41, 5.74) is 0.311. The molecule has 1 aromatic carbocycles. The van der Waals surface area contributed by atoms with Gasteiger partial charge in [-0.15, -0.1) is 0 Å². The van der Waals surface area contributed by atoms with E-state index in [1.54, 1.807) is 23.9 Å². The molecule has 0 saturated carbocycles. The molecule has 1 aliphatic rings. The largest absolute Gasteiger partial charge is 0.350 e. The zero-order valence-corrected chi connectivity index (χ0v) is 15.7. The summed E-state index contributed by atoms with van der Waals surface area (Å²) in [4.78, 5) is 24.9. The topological polar surface area (TPSA) is 70.2 Å². The number of amides is 2. The molecule has 0 aliphatic carbocycles. The van der Waals surface area contributed by atoms with E-state index in [2.05, 4.69) is 16.0 Å². The summed E-state index contributed by atoms with van der Waals surface area (Å²) in [6.45, 7) is 1.66. The van der Waals surface area contributed by atoms with Crippen LogP contribution in [0.15, 0.2) is 18.2 Å². The van der Waals surface area contributed by atoms with E-state index in [9.17, 15) is 9.59 Å². The molecular weight excluding hydrogens is 369 g/mol. The lowest BCUT2D eigenvalue weighted by atomic mass is 10.1. The van der Waals surface area contributed by atoms with Crippen LogP contribution in [0.4, 0.5) is 0 Å². The standard InChI is InChI=1S/C16H21Cl2N3O2S/c1-24-7-5-14(16(23)20-11-4-6-19-9-11)21-15(22)12-3-2-10(17)8-13(12)18/h2-3,8,11,14,19H,4-7,9H2,1H3,(H,20,23)(H,21,22). The van der Waals surface area contributed by atoms with Crippen molar-refractivity contribution in [3.8, 4) is 0 Å². The fourth-order valence-electron chi connectivity index (χ4n) is 2.49. The molecule has 24 heavy (non-hydrogen) atoms. The van der Waals surface area contributed by atoms with E-state index in [1.807, 2.05) is 6.26 Å². The van der Waals surface area contributed by atoms with Crippen molar-refractivity contribution in [1.82, 2.24) is 16.0 Å². The molecular formula is C16H21Cl2N3O2S. The van der Waals surface area contributed by atoms with Crippen molar-refractivity contribution in [2.24, 2.45) is 0 Å². The van der Waals surface area contributed by atoms with E-state index in [0.29, 0.717) is 17.0 Å². The van der Waals surface area contributed by atoms with E-state index < -0.39 is 6.04 Å². The van der Waals surface area contributed by atoms with Crippen LogP contribution in [0.3, 0.4) is 0 Å². The number of benzene rings is 1. The van der Waals surface area contributed by atoms with E-state index in [-0.39, 0.29) is 22.9 Å². The summed E-state index contributed by atoms with van der Waals surface area (Å²) in [6, 6.07) is 4.20. The number of nitrogens with one attached hydrogen (secondary N) is 3. The number of carbonyl (C=O) groups is 2. The highest BCUT2D eigenvalue weighted by molar-refractivity contribution is 7.98. The maximum absolute atomic E-state index is 12.5. The van der Waals surface area contributed by atoms with Crippen LogP contribution in [0.25, 0.3) is 0 Å². The zero-order valence-electron chi connectivity index (χ0n) is 13.4. The normalized spacial score (nSPS) is 18.2. The van der Waals surface area contributed by atoms with Gasteiger partial charge in [-0.3, -0.25) is 9.59 Å². The lowest BCUT2D eigenvalue weighted by Crippen LogP contribution is -2.50. The highest BCUT2D eigenvalue weighted by Crippen LogP contribution is 2.21. The molecule has 3 N–H and O–H groups in total. The number of hydrogen-bond acceptors (Lipinski definition) is 4. The Balaban J connectivity index is 2.03. The van der Waals surface area contributed by atoms with Crippen LogP contribution in [-0.4, -0.2) is 49.0 Å². The highest BCUT2D eigenvalue weighted by atomic mass is 35.5. The Morgan fingerprint density at radius 1 is 1.42 bits per heavy atom. The molecule has 1 fully saturated rings. The van der Waals surface area contributed by atoms with Gasteiger partial charge in [-0.2, -0.15) is 11.8 Å². The average molecular weight is 390 g/mol. The van der Waals surface area contributed by atoms with Crippen molar-refractivity contribution in [3.05, 3.63) is 33.8 Å². The molecule has 1 heterocycles. The molecule has 1 saturated heterocycles. The molecule has 2 rings (SSSR count). The maximum atomic E-state index is 12.5. The van der Waals surface area contributed by atoms with Gasteiger partial charge in [0, 0.05) is 17.6 Å². The fraction of sp³-hybridized carbons (Fsp3) is 0.500. The van der Waals surface area contributed by atoms with E-state index in [1.165, 1.54) is 6.07 Å². The second-order valence-electron chi connectivity index (χ2n) is 5.63. The number of rotatable bonds is 7. The van der Waals surface area contributed by atoms with Crippen molar-refractivity contribution in [2.75, 3.05) is 25.1 Å². The van der Waals surface area contributed by atoms with E-state index in [0.717, 1.165) is 25.3 Å². The van der Waals surface area contributed by atoms with Crippen molar-refractivity contribution in [2.45, 2.75) is 24.9 Å². The monoisotopic (exact) mass is 389 g/mol. The first-order valence-electron chi connectivity index (χ1n) is 7.77. The Bertz CT molecular complexity index is 595. The molecule has 1 aromatic rings. The molecule has 2 atom stereocenters. The minimum absolute atomic E-state index is 0.116. The van der Waals surface area contributed by atoms with Gasteiger partial charge in [0.25, 0.3) is 5.91 Å². The van der Waals surface area contributed by atoms with Crippen molar-refractivity contribution < 1.29 is 9.59 Å². The van der Waals surface area contributed by atoms with Gasteiger partial charge in [-0.05, 0) is 49.6 Å². The summed E-state index contributed by atoms with van der Waals surface area (Å²) >= 11 is 13.6. The Labute approximate surface area is 156 Å². The van der Waals surface area contributed by atoms with Gasteiger partial charge in [0.2, 0.25) is 5.91 Å². The van der Waals surface area contributed by atoms with Gasteiger partial charge in [-0.1, -0.05) is 23.2 Å². The van der Waals surface area contributed by atoms with Crippen LogP contribution in [0.2, 0.25) is 10.0 Å². The lowest BCUT2D eigenvalue weighted by Gasteiger charge is -2.21. The summed E-state index contributed by atoms with van der Waals surface area (Å²) < 4.78 is 0. The molecule has 5 nitrogen and oxygen atoms in total. The second kappa shape index (κ2) is 9.51. The highest BCUT2D eigenvalue weighted by Gasteiger charge is 2.25. The number of carbonyl (C=O) groups excluding carboxylic acids is 2. The van der Waals surface area contributed by atoms with Crippen molar-refractivity contribution in [1.29, 1.82) is 0 Å². The third-order valence-corrected chi connectivity index (χ3v) is 5.01. The summed E-state index contributed by atoms with van der Waals surface area (Å²) in [5.74, 6) is 0.244. The van der Waals surface area contributed by atoms with Crippen LogP contribution < -0.4 is 16.0 Å². The summed E-state index contributed by atoms with van der Waals surface area (Å²) in [6.07, 6.45) is 3.43. The number of thioether (sulfide) groups is 1. The van der Waals surface area contributed by atoms with Crippen LogP contribution in [0.1, 0.15) is 23.2 Å². The Morgan fingerprint density at radius 2 is 2.21 bits per heavy atom. The Kier molecular flexibility index (Phi) is 7.68. The van der Waals surface area contributed by atoms with Crippen LogP contribution in [0, 0.1) is 0 Å². The molecule has 132 valence electrons. The van der Waals surface area contributed by atoms with Crippen molar-refractivity contribution in [3.63, 3.8) is 0 Å².